The van der Waals surface area contributed by atoms with E-state index in [2.05, 4.69) is 5.43 Å². The zero-order valence-corrected chi connectivity index (χ0v) is 19.0. The highest BCUT2D eigenvalue weighted by atomic mass is 35.5. The highest BCUT2D eigenvalue weighted by Crippen LogP contribution is 2.33. The van der Waals surface area contributed by atoms with Crippen LogP contribution >= 0.6 is 35.6 Å². The lowest BCUT2D eigenvalue weighted by molar-refractivity contribution is -0.123. The molecule has 4 rings (SSSR count). The summed E-state index contributed by atoms with van der Waals surface area (Å²) in [6.07, 6.45) is 1.72. The number of hydrazine groups is 1. The molecule has 3 aromatic carbocycles. The molecule has 3 aromatic rings. The number of thiocarbonyl (C=S) groups is 1. The van der Waals surface area contributed by atoms with Crippen molar-refractivity contribution in [3.63, 3.8) is 0 Å². The number of nitrogens with zero attached hydrogens (tertiary/aromatic N) is 1. The van der Waals surface area contributed by atoms with Crippen molar-refractivity contribution in [1.82, 2.24) is 10.4 Å². The first-order valence-electron chi connectivity index (χ1n) is 9.61. The van der Waals surface area contributed by atoms with E-state index in [1.807, 2.05) is 54.6 Å². The standard InChI is InChI=1S/C24H17ClN2O3S2/c25-19-12-10-17(11-13-19)22(28)26-27-23(29)21(32-24(27)31)14-18-8-4-5-9-20(18)30-15-16-6-2-1-3-7-16/h1-14H,15H2,(H,26,28)/b21-14+. The summed E-state index contributed by atoms with van der Waals surface area (Å²) < 4.78 is 6.20. The zero-order valence-electron chi connectivity index (χ0n) is 16.7. The number of carbonyl (C=O) groups is 2. The van der Waals surface area contributed by atoms with E-state index in [0.29, 0.717) is 27.8 Å². The van der Waals surface area contributed by atoms with E-state index < -0.39 is 11.8 Å². The molecule has 2 amide bonds. The fraction of sp³-hybridized carbons (Fsp3) is 0.0417. The lowest BCUT2D eigenvalue weighted by Crippen LogP contribution is -2.44. The quantitative estimate of drug-likeness (QED) is 0.374. The fourth-order valence-electron chi connectivity index (χ4n) is 2.94. The van der Waals surface area contributed by atoms with Gasteiger partial charge in [0.15, 0.2) is 4.32 Å². The monoisotopic (exact) mass is 480 g/mol. The van der Waals surface area contributed by atoms with Crippen molar-refractivity contribution in [3.8, 4) is 5.75 Å². The molecule has 8 heteroatoms. The van der Waals surface area contributed by atoms with Crippen LogP contribution in [0.1, 0.15) is 21.5 Å². The van der Waals surface area contributed by atoms with E-state index in [1.165, 1.54) is 0 Å². The van der Waals surface area contributed by atoms with E-state index in [9.17, 15) is 9.59 Å². The summed E-state index contributed by atoms with van der Waals surface area (Å²) in [7, 11) is 0. The van der Waals surface area contributed by atoms with Gasteiger partial charge in [-0.3, -0.25) is 15.0 Å². The van der Waals surface area contributed by atoms with Gasteiger partial charge in [0, 0.05) is 16.1 Å². The normalized spacial score (nSPS) is 14.7. The smallest absolute Gasteiger partial charge is 0.285 e. The zero-order chi connectivity index (χ0) is 22.5. The molecule has 1 N–H and O–H groups in total. The first kappa shape index (κ1) is 22.1. The summed E-state index contributed by atoms with van der Waals surface area (Å²) in [4.78, 5) is 25.8. The fourth-order valence-corrected chi connectivity index (χ4v) is 4.24. The van der Waals surface area contributed by atoms with Crippen LogP contribution in [-0.2, 0) is 11.4 Å². The SMILES string of the molecule is O=C(NN1C(=O)/C(=C\c2ccccc2OCc2ccccc2)SC1=S)c1ccc(Cl)cc1. The Hall–Kier alpha value is -3.13. The number of carbonyl (C=O) groups excluding carboxylic acids is 2. The minimum Gasteiger partial charge on any atom is -0.488 e. The maximum absolute atomic E-state index is 12.9. The van der Waals surface area contributed by atoms with E-state index in [1.54, 1.807) is 30.3 Å². The van der Waals surface area contributed by atoms with Crippen molar-refractivity contribution < 1.29 is 14.3 Å². The Labute approximate surface area is 200 Å². The molecule has 0 unspecified atom stereocenters. The van der Waals surface area contributed by atoms with Crippen LogP contribution in [0.15, 0.2) is 83.8 Å². The highest BCUT2D eigenvalue weighted by molar-refractivity contribution is 8.26. The molecule has 0 atom stereocenters. The van der Waals surface area contributed by atoms with Gasteiger partial charge in [0.1, 0.15) is 12.4 Å². The molecule has 0 aromatic heterocycles. The maximum Gasteiger partial charge on any atom is 0.285 e. The lowest BCUT2D eigenvalue weighted by Gasteiger charge is -2.15. The summed E-state index contributed by atoms with van der Waals surface area (Å²) in [5.41, 5.74) is 4.71. The second-order valence-corrected chi connectivity index (χ2v) is 8.89. The number of para-hydroxylation sites is 1. The number of hydrogen-bond acceptors (Lipinski definition) is 5. The van der Waals surface area contributed by atoms with E-state index in [0.717, 1.165) is 27.9 Å². The third-order valence-electron chi connectivity index (χ3n) is 4.56. The van der Waals surface area contributed by atoms with Crippen molar-refractivity contribution in [2.24, 2.45) is 0 Å². The maximum atomic E-state index is 12.9. The lowest BCUT2D eigenvalue weighted by atomic mass is 10.2. The van der Waals surface area contributed by atoms with Gasteiger partial charge >= 0.3 is 0 Å². The minimum atomic E-state index is -0.453. The van der Waals surface area contributed by atoms with Gasteiger partial charge in [-0.15, -0.1) is 0 Å². The van der Waals surface area contributed by atoms with E-state index in [4.69, 9.17) is 28.6 Å². The van der Waals surface area contributed by atoms with E-state index >= 15 is 0 Å². The number of thioether (sulfide) groups is 1. The van der Waals surface area contributed by atoms with Gasteiger partial charge in [-0.05, 0) is 54.2 Å². The molecule has 1 aliphatic heterocycles. The van der Waals surface area contributed by atoms with Crippen LogP contribution in [0.2, 0.25) is 5.02 Å². The molecule has 0 bridgehead atoms. The van der Waals surface area contributed by atoms with Crippen molar-refractivity contribution in [1.29, 1.82) is 0 Å². The molecule has 1 aliphatic rings. The van der Waals surface area contributed by atoms with Crippen LogP contribution in [0.5, 0.6) is 5.75 Å². The molecule has 1 fully saturated rings. The van der Waals surface area contributed by atoms with Gasteiger partial charge in [0.2, 0.25) is 0 Å². The Balaban J connectivity index is 1.49. The van der Waals surface area contributed by atoms with Crippen LogP contribution < -0.4 is 10.2 Å². The van der Waals surface area contributed by atoms with Crippen LogP contribution in [0.4, 0.5) is 0 Å². The third kappa shape index (κ3) is 5.19. The van der Waals surface area contributed by atoms with Crippen LogP contribution in [-0.4, -0.2) is 21.1 Å². The second kappa shape index (κ2) is 9.99. The summed E-state index contributed by atoms with van der Waals surface area (Å²) in [5, 5.41) is 1.60. The number of halogens is 1. The molecule has 0 aliphatic carbocycles. The Morgan fingerprint density at radius 2 is 1.72 bits per heavy atom. The predicted octanol–water partition coefficient (Wildman–Crippen LogP) is 5.47. The average Bonchev–Trinajstić information content (AvgIpc) is 3.07. The number of nitrogens with one attached hydrogen (secondary N) is 1. The Morgan fingerprint density at radius 3 is 2.47 bits per heavy atom. The van der Waals surface area contributed by atoms with Crippen molar-refractivity contribution in [3.05, 3.63) is 105 Å². The predicted molar refractivity (Wildman–Crippen MR) is 131 cm³/mol. The van der Waals surface area contributed by atoms with Gasteiger partial charge in [0.25, 0.3) is 11.8 Å². The molecule has 32 heavy (non-hydrogen) atoms. The highest BCUT2D eigenvalue weighted by Gasteiger charge is 2.34. The summed E-state index contributed by atoms with van der Waals surface area (Å²) in [6, 6.07) is 23.6. The molecule has 1 heterocycles. The Bertz CT molecular complexity index is 1200. The van der Waals surface area contributed by atoms with Crippen LogP contribution in [0.3, 0.4) is 0 Å². The second-order valence-electron chi connectivity index (χ2n) is 6.78. The average molecular weight is 481 g/mol. The largest absolute Gasteiger partial charge is 0.488 e. The molecule has 1 saturated heterocycles. The summed E-state index contributed by atoms with van der Waals surface area (Å²) in [6.45, 7) is 0.407. The van der Waals surface area contributed by atoms with Crippen molar-refractivity contribution in [2.75, 3.05) is 0 Å². The van der Waals surface area contributed by atoms with Gasteiger partial charge in [-0.2, -0.15) is 5.01 Å². The molecule has 5 nitrogen and oxygen atoms in total. The van der Waals surface area contributed by atoms with Crippen molar-refractivity contribution >= 4 is 57.8 Å². The van der Waals surface area contributed by atoms with Gasteiger partial charge in [-0.25, -0.2) is 0 Å². The van der Waals surface area contributed by atoms with Crippen LogP contribution in [0, 0.1) is 0 Å². The van der Waals surface area contributed by atoms with Gasteiger partial charge < -0.3 is 4.74 Å². The first-order chi connectivity index (χ1) is 15.5. The van der Waals surface area contributed by atoms with Crippen LogP contribution in [0.25, 0.3) is 6.08 Å². The minimum absolute atomic E-state index is 0.242. The Kier molecular flexibility index (Phi) is 6.90. The number of ether oxygens (including phenoxy) is 1. The van der Waals surface area contributed by atoms with E-state index in [-0.39, 0.29) is 4.32 Å². The number of rotatable bonds is 6. The first-order valence-corrected chi connectivity index (χ1v) is 11.2. The third-order valence-corrected chi connectivity index (χ3v) is 6.11. The molecule has 0 saturated carbocycles. The summed E-state index contributed by atoms with van der Waals surface area (Å²) >= 11 is 12.3. The Morgan fingerprint density at radius 1 is 1.03 bits per heavy atom. The number of benzene rings is 3. The summed E-state index contributed by atoms with van der Waals surface area (Å²) in [5.74, 6) is -0.210. The molecular formula is C24H17ClN2O3S2. The van der Waals surface area contributed by atoms with Gasteiger partial charge in [0.05, 0.1) is 4.91 Å². The topological polar surface area (TPSA) is 58.6 Å². The molecule has 0 spiro atoms. The molecular weight excluding hydrogens is 464 g/mol. The number of hydrogen-bond donors (Lipinski definition) is 1. The molecule has 160 valence electrons. The molecule has 0 radical (unpaired) electrons. The van der Waals surface area contributed by atoms with Crippen molar-refractivity contribution in [2.45, 2.75) is 6.61 Å². The number of amides is 2. The van der Waals surface area contributed by atoms with Gasteiger partial charge in [-0.1, -0.05) is 71.9 Å².